The largest absolute Gasteiger partial charge is 0.468 e. The topological polar surface area (TPSA) is 81.5 Å². The average Bonchev–Trinajstić information content (AvgIpc) is 2.84. The van der Waals surface area contributed by atoms with E-state index < -0.39 is 11.9 Å². The zero-order chi connectivity index (χ0) is 14.0. The molecule has 0 radical (unpaired) electrons. The molecular weight excluding hydrogens is 250 g/mol. The van der Waals surface area contributed by atoms with Crippen LogP contribution in [0.2, 0.25) is 0 Å². The summed E-state index contributed by atoms with van der Waals surface area (Å²) >= 11 is 0. The molecule has 1 unspecified atom stereocenters. The maximum atomic E-state index is 12.2. The number of piperidine rings is 1. The van der Waals surface area contributed by atoms with E-state index in [-0.39, 0.29) is 24.7 Å². The number of rotatable bonds is 2. The van der Waals surface area contributed by atoms with Gasteiger partial charge in [0.1, 0.15) is 11.6 Å². The van der Waals surface area contributed by atoms with Gasteiger partial charge in [0.2, 0.25) is 0 Å². The van der Waals surface area contributed by atoms with Gasteiger partial charge in [-0.25, -0.2) is 0 Å². The Morgan fingerprint density at radius 1 is 1.47 bits per heavy atom. The van der Waals surface area contributed by atoms with E-state index in [1.165, 1.54) is 16.7 Å². The van der Waals surface area contributed by atoms with Crippen molar-refractivity contribution in [1.29, 1.82) is 0 Å². The molecule has 19 heavy (non-hydrogen) atoms. The number of aromatic nitrogens is 2. The Kier molecular flexibility index (Phi) is 3.64. The van der Waals surface area contributed by atoms with Crippen molar-refractivity contribution in [2.24, 2.45) is 13.0 Å². The van der Waals surface area contributed by atoms with Gasteiger partial charge >= 0.3 is 5.97 Å². The Morgan fingerprint density at radius 2 is 2.21 bits per heavy atom. The second kappa shape index (κ2) is 5.21. The molecule has 102 valence electrons. The lowest BCUT2D eigenvalue weighted by atomic mass is 9.96. The van der Waals surface area contributed by atoms with E-state index in [0.29, 0.717) is 12.2 Å². The van der Waals surface area contributed by atoms with Crippen LogP contribution in [0, 0.1) is 5.92 Å². The minimum atomic E-state index is -0.883. The molecule has 1 amide bonds. The van der Waals surface area contributed by atoms with Gasteiger partial charge in [0.25, 0.3) is 5.91 Å². The fraction of sp³-hybridized carbons (Fsp3) is 0.500. The minimum Gasteiger partial charge on any atom is -0.468 e. The highest BCUT2D eigenvalue weighted by Crippen LogP contribution is 2.16. The van der Waals surface area contributed by atoms with Gasteiger partial charge in [0.15, 0.2) is 5.78 Å². The van der Waals surface area contributed by atoms with Crippen LogP contribution in [0.3, 0.4) is 0 Å². The van der Waals surface area contributed by atoms with Crippen molar-refractivity contribution in [3.63, 3.8) is 0 Å². The summed E-state index contributed by atoms with van der Waals surface area (Å²) in [6.45, 7) is 0.364. The normalized spacial score (nSPS) is 19.4. The van der Waals surface area contributed by atoms with Crippen LogP contribution in [0.1, 0.15) is 16.9 Å². The second-order valence-corrected chi connectivity index (χ2v) is 4.42. The lowest BCUT2D eigenvalue weighted by molar-refractivity contribution is -0.151. The second-order valence-electron chi connectivity index (χ2n) is 4.42. The molecule has 1 saturated heterocycles. The molecular formula is C12H15N3O4. The summed E-state index contributed by atoms with van der Waals surface area (Å²) in [7, 11) is 2.95. The van der Waals surface area contributed by atoms with Gasteiger partial charge in [0, 0.05) is 32.8 Å². The summed E-state index contributed by atoms with van der Waals surface area (Å²) in [6.07, 6.45) is 1.83. The van der Waals surface area contributed by atoms with Crippen molar-refractivity contribution in [3.05, 3.63) is 18.0 Å². The summed E-state index contributed by atoms with van der Waals surface area (Å²) in [5.74, 6) is -1.94. The van der Waals surface area contributed by atoms with Crippen molar-refractivity contribution in [1.82, 2.24) is 14.7 Å². The third kappa shape index (κ3) is 2.64. The van der Waals surface area contributed by atoms with Gasteiger partial charge < -0.3 is 9.64 Å². The molecule has 7 nitrogen and oxygen atoms in total. The number of aryl methyl sites for hydroxylation is 1. The molecule has 1 fully saturated rings. The molecule has 1 aliphatic rings. The molecule has 1 aromatic rings. The molecule has 0 spiro atoms. The van der Waals surface area contributed by atoms with E-state index in [2.05, 4.69) is 9.84 Å². The zero-order valence-electron chi connectivity index (χ0n) is 10.8. The lowest BCUT2D eigenvalue weighted by Gasteiger charge is -2.29. The third-order valence-electron chi connectivity index (χ3n) is 3.13. The summed E-state index contributed by atoms with van der Waals surface area (Å²) in [5, 5.41) is 4.02. The van der Waals surface area contributed by atoms with Crippen LogP contribution >= 0.6 is 0 Å². The summed E-state index contributed by atoms with van der Waals surface area (Å²) in [4.78, 5) is 36.8. The van der Waals surface area contributed by atoms with E-state index in [4.69, 9.17) is 0 Å². The van der Waals surface area contributed by atoms with Crippen LogP contribution in [0.25, 0.3) is 0 Å². The molecule has 0 aromatic carbocycles. The Labute approximate surface area is 110 Å². The first-order chi connectivity index (χ1) is 9.02. The van der Waals surface area contributed by atoms with Crippen molar-refractivity contribution in [2.45, 2.75) is 6.42 Å². The standard InChI is InChI=1S/C12H15N3O4/c1-14-5-3-9(13-14)11(17)15-6-4-10(16)8(7-15)12(18)19-2/h3,5,8H,4,6-7H2,1-2H3. The maximum absolute atomic E-state index is 12.2. The molecule has 0 bridgehead atoms. The molecule has 0 aliphatic carbocycles. The first kappa shape index (κ1) is 13.3. The van der Waals surface area contributed by atoms with Crippen LogP contribution in [0.5, 0.6) is 0 Å². The summed E-state index contributed by atoms with van der Waals surface area (Å²) in [5.41, 5.74) is 0.306. The van der Waals surface area contributed by atoms with Gasteiger partial charge in [-0.15, -0.1) is 0 Å². The van der Waals surface area contributed by atoms with E-state index in [1.807, 2.05) is 0 Å². The molecule has 7 heteroatoms. The molecule has 2 heterocycles. The van der Waals surface area contributed by atoms with Gasteiger partial charge in [-0.3, -0.25) is 19.1 Å². The fourth-order valence-electron chi connectivity index (χ4n) is 2.06. The van der Waals surface area contributed by atoms with Crippen LogP contribution in [-0.2, 0) is 21.4 Å². The number of Topliss-reactive ketones (excluding diaryl/α,β-unsaturated/α-hetero) is 1. The van der Waals surface area contributed by atoms with E-state index in [9.17, 15) is 14.4 Å². The van der Waals surface area contributed by atoms with Crippen molar-refractivity contribution in [2.75, 3.05) is 20.2 Å². The van der Waals surface area contributed by atoms with Gasteiger partial charge in [-0.2, -0.15) is 5.10 Å². The number of amides is 1. The molecule has 0 saturated carbocycles. The van der Waals surface area contributed by atoms with Crippen molar-refractivity contribution in [3.8, 4) is 0 Å². The molecule has 1 aromatic heterocycles. The van der Waals surface area contributed by atoms with Gasteiger partial charge in [-0.05, 0) is 6.07 Å². The fourth-order valence-corrected chi connectivity index (χ4v) is 2.06. The number of hydrogen-bond acceptors (Lipinski definition) is 5. The predicted molar refractivity (Wildman–Crippen MR) is 64.2 cm³/mol. The van der Waals surface area contributed by atoms with Gasteiger partial charge in [-0.1, -0.05) is 0 Å². The Balaban J connectivity index is 2.11. The monoisotopic (exact) mass is 265 g/mol. The maximum Gasteiger partial charge on any atom is 0.318 e. The summed E-state index contributed by atoms with van der Waals surface area (Å²) in [6, 6.07) is 1.60. The first-order valence-electron chi connectivity index (χ1n) is 5.92. The van der Waals surface area contributed by atoms with E-state index >= 15 is 0 Å². The zero-order valence-corrected chi connectivity index (χ0v) is 10.8. The van der Waals surface area contributed by atoms with Crippen molar-refractivity contribution >= 4 is 17.7 Å². The third-order valence-corrected chi connectivity index (χ3v) is 3.13. The van der Waals surface area contributed by atoms with Gasteiger partial charge in [0.05, 0.1) is 7.11 Å². The first-order valence-corrected chi connectivity index (χ1v) is 5.92. The highest BCUT2D eigenvalue weighted by atomic mass is 16.5. The van der Waals surface area contributed by atoms with Crippen molar-refractivity contribution < 1.29 is 19.1 Å². The quantitative estimate of drug-likeness (QED) is 0.538. The van der Waals surface area contributed by atoms with E-state index in [0.717, 1.165) is 0 Å². The summed E-state index contributed by atoms with van der Waals surface area (Å²) < 4.78 is 6.11. The number of carbonyl (C=O) groups excluding carboxylic acids is 3. The highest BCUT2D eigenvalue weighted by molar-refractivity contribution is 6.01. The number of hydrogen-bond donors (Lipinski definition) is 0. The number of nitrogens with zero attached hydrogens (tertiary/aromatic N) is 3. The number of esters is 1. The Hall–Kier alpha value is -2.18. The highest BCUT2D eigenvalue weighted by Gasteiger charge is 2.36. The molecule has 2 rings (SSSR count). The number of likely N-dealkylation sites (tertiary alicyclic amines) is 1. The van der Waals surface area contributed by atoms with Crippen LogP contribution in [-0.4, -0.2) is 52.5 Å². The van der Waals surface area contributed by atoms with Crippen LogP contribution < -0.4 is 0 Å². The van der Waals surface area contributed by atoms with Crippen LogP contribution in [0.15, 0.2) is 12.3 Å². The molecule has 1 atom stereocenters. The van der Waals surface area contributed by atoms with E-state index in [1.54, 1.807) is 19.3 Å². The van der Waals surface area contributed by atoms with Crippen LogP contribution in [0.4, 0.5) is 0 Å². The number of carbonyl (C=O) groups is 3. The smallest absolute Gasteiger partial charge is 0.318 e. The predicted octanol–water partition coefficient (Wildman–Crippen LogP) is -0.376. The molecule has 1 aliphatic heterocycles. The minimum absolute atomic E-state index is 0.0565. The lowest BCUT2D eigenvalue weighted by Crippen LogP contribution is -2.47. The Bertz CT molecular complexity index is 515. The number of ketones is 1. The Morgan fingerprint density at radius 3 is 2.79 bits per heavy atom. The molecule has 0 N–H and O–H groups in total. The SMILES string of the molecule is COC(=O)C1CN(C(=O)c2ccn(C)n2)CCC1=O. The number of methoxy groups -OCH3 is 1. The average molecular weight is 265 g/mol. The number of ether oxygens (including phenoxy) is 1.